The highest BCUT2D eigenvalue weighted by atomic mass is 32.2. The number of aromatic amines is 1. The highest BCUT2D eigenvalue weighted by Gasteiger charge is 2.35. The quantitative estimate of drug-likeness (QED) is 0.792. The van der Waals surface area contributed by atoms with Crippen molar-refractivity contribution in [2.24, 2.45) is 0 Å². The summed E-state index contributed by atoms with van der Waals surface area (Å²) < 4.78 is 41.6. The first-order valence-electron chi connectivity index (χ1n) is 6.34. The molecule has 0 saturated heterocycles. The van der Waals surface area contributed by atoms with Gasteiger partial charge >= 0.3 is 11.6 Å². The van der Waals surface area contributed by atoms with E-state index in [1.807, 2.05) is 0 Å². The fourth-order valence-corrected chi connectivity index (χ4v) is 2.56. The Kier molecular flexibility index (Phi) is 4.97. The number of halogens is 3. The monoisotopic (exact) mass is 333 g/mol. The molecule has 2 N–H and O–H groups in total. The maximum Gasteiger partial charge on any atom is 0.348 e. The highest BCUT2D eigenvalue weighted by Crippen LogP contribution is 2.34. The Morgan fingerprint density at radius 3 is 2.77 bits per heavy atom. The summed E-state index contributed by atoms with van der Waals surface area (Å²) in [5.74, 6) is -3.74. The molecule has 5 nitrogen and oxygen atoms in total. The zero-order chi connectivity index (χ0) is 16.3. The Bertz CT molecular complexity index is 715. The third kappa shape index (κ3) is 3.05. The molecule has 0 aliphatic carbocycles. The predicted octanol–water partition coefficient (Wildman–Crippen LogP) is 1.88. The van der Waals surface area contributed by atoms with Gasteiger partial charge in [0.05, 0.1) is 5.69 Å². The van der Waals surface area contributed by atoms with Crippen LogP contribution in [0.3, 0.4) is 0 Å². The van der Waals surface area contributed by atoms with Gasteiger partial charge in [0.25, 0.3) is 0 Å². The molecule has 2 rings (SSSR count). The van der Waals surface area contributed by atoms with E-state index in [4.69, 9.17) is 5.11 Å². The first-order chi connectivity index (χ1) is 10.4. The Balaban J connectivity index is 2.70. The molecule has 2 aromatic rings. The molecular weight excluding hydrogens is 319 g/mol. The Labute approximate surface area is 128 Å². The fourth-order valence-electron chi connectivity index (χ4n) is 2.06. The number of benzene rings is 1. The Morgan fingerprint density at radius 2 is 2.18 bits per heavy atom. The molecule has 1 aromatic carbocycles. The van der Waals surface area contributed by atoms with E-state index in [9.17, 15) is 18.0 Å². The summed E-state index contributed by atoms with van der Waals surface area (Å²) in [6.45, 7) is -2.11. The van der Waals surface area contributed by atoms with Gasteiger partial charge in [-0.25, -0.2) is 18.9 Å². The number of rotatable bonds is 6. The van der Waals surface area contributed by atoms with Crippen LogP contribution in [0.15, 0.2) is 28.2 Å². The van der Waals surface area contributed by atoms with Gasteiger partial charge in [-0.15, -0.1) is 5.10 Å². The second kappa shape index (κ2) is 6.57. The van der Waals surface area contributed by atoms with E-state index in [1.165, 1.54) is 12.1 Å². The molecule has 9 heteroatoms. The first-order valence-corrected chi connectivity index (χ1v) is 7.57. The number of H-pyrrole nitrogens is 1. The lowest BCUT2D eigenvalue weighted by molar-refractivity contribution is -0.0282. The highest BCUT2D eigenvalue weighted by molar-refractivity contribution is 7.98. The van der Waals surface area contributed by atoms with Crippen molar-refractivity contribution in [3.05, 3.63) is 39.8 Å². The van der Waals surface area contributed by atoms with Crippen LogP contribution in [0.4, 0.5) is 13.2 Å². The number of alkyl halides is 3. The zero-order valence-corrected chi connectivity index (χ0v) is 12.5. The average Bonchev–Trinajstić information content (AvgIpc) is 2.88. The molecule has 22 heavy (non-hydrogen) atoms. The molecular formula is C13H14F3N3O2S. The summed E-state index contributed by atoms with van der Waals surface area (Å²) in [5.41, 5.74) is -1.00. The molecule has 0 aliphatic rings. The third-order valence-corrected chi connectivity index (χ3v) is 3.73. The number of thioether (sulfide) groups is 1. The third-order valence-electron chi connectivity index (χ3n) is 3.09. The van der Waals surface area contributed by atoms with Gasteiger partial charge in [0, 0.05) is 12.2 Å². The molecule has 0 radical (unpaired) electrons. The number of aliphatic hydroxyl groups is 1. The minimum Gasteiger partial charge on any atom is -0.396 e. The van der Waals surface area contributed by atoms with Crippen LogP contribution in [0.5, 0.6) is 0 Å². The Hall–Kier alpha value is -1.74. The van der Waals surface area contributed by atoms with E-state index in [1.54, 1.807) is 6.26 Å². The first kappa shape index (κ1) is 16.6. The minimum atomic E-state index is -3.74. The summed E-state index contributed by atoms with van der Waals surface area (Å²) in [6, 6.07) is 3.92. The number of nitrogens with zero attached hydrogens (tertiary/aromatic N) is 2. The topological polar surface area (TPSA) is 70.9 Å². The normalized spacial score (nSPS) is 11.9. The van der Waals surface area contributed by atoms with Crippen molar-refractivity contribution in [1.82, 2.24) is 14.8 Å². The number of aromatic nitrogens is 3. The molecule has 0 unspecified atom stereocenters. The van der Waals surface area contributed by atoms with E-state index in [0.29, 0.717) is 5.56 Å². The number of nitrogens with one attached hydrogen (secondary N) is 1. The SMILES string of the molecule is CSc1n[nH]c(=O)n1-c1ccc(CCO)cc1C(F)(F)CF. The van der Waals surface area contributed by atoms with Crippen molar-refractivity contribution < 1.29 is 18.3 Å². The second-order valence-corrected chi connectivity index (χ2v) is 5.29. The van der Waals surface area contributed by atoms with Crippen molar-refractivity contribution in [3.8, 4) is 5.69 Å². The van der Waals surface area contributed by atoms with Crippen molar-refractivity contribution >= 4 is 11.8 Å². The lowest BCUT2D eigenvalue weighted by Gasteiger charge is -2.19. The van der Waals surface area contributed by atoms with E-state index >= 15 is 0 Å². The maximum absolute atomic E-state index is 13.9. The molecule has 0 spiro atoms. The van der Waals surface area contributed by atoms with E-state index in [0.717, 1.165) is 22.4 Å². The number of hydrogen-bond acceptors (Lipinski definition) is 4. The molecule has 0 amide bonds. The van der Waals surface area contributed by atoms with Crippen LogP contribution in [0, 0.1) is 0 Å². The van der Waals surface area contributed by atoms with Crippen LogP contribution in [-0.4, -0.2) is 39.4 Å². The zero-order valence-electron chi connectivity index (χ0n) is 11.6. The summed E-state index contributed by atoms with van der Waals surface area (Å²) in [6.07, 6.45) is 1.80. The smallest absolute Gasteiger partial charge is 0.348 e. The summed E-state index contributed by atoms with van der Waals surface area (Å²) in [5, 5.41) is 15.0. The van der Waals surface area contributed by atoms with Gasteiger partial charge in [0.15, 0.2) is 11.8 Å². The molecule has 0 atom stereocenters. The van der Waals surface area contributed by atoms with Gasteiger partial charge in [-0.1, -0.05) is 17.8 Å². The standard InChI is InChI=1S/C13H14F3N3O2S/c1-22-12-18-17-11(21)19(12)10-3-2-8(4-5-20)6-9(10)13(15,16)7-14/h2-3,6,20H,4-5,7H2,1H3,(H,17,21). The minimum absolute atomic E-state index is 0.132. The Morgan fingerprint density at radius 1 is 1.45 bits per heavy atom. The molecule has 0 bridgehead atoms. The molecule has 1 aromatic heterocycles. The van der Waals surface area contributed by atoms with Crippen LogP contribution >= 0.6 is 11.8 Å². The van der Waals surface area contributed by atoms with Crippen molar-refractivity contribution in [2.75, 3.05) is 19.5 Å². The van der Waals surface area contributed by atoms with E-state index in [2.05, 4.69) is 10.2 Å². The van der Waals surface area contributed by atoms with Crippen molar-refractivity contribution in [2.45, 2.75) is 17.5 Å². The largest absolute Gasteiger partial charge is 0.396 e. The summed E-state index contributed by atoms with van der Waals surface area (Å²) >= 11 is 1.09. The fraction of sp³-hybridized carbons (Fsp3) is 0.385. The maximum atomic E-state index is 13.9. The van der Waals surface area contributed by atoms with Crippen molar-refractivity contribution in [1.29, 1.82) is 0 Å². The van der Waals surface area contributed by atoms with E-state index in [-0.39, 0.29) is 23.9 Å². The van der Waals surface area contributed by atoms with Gasteiger partial charge in [0.1, 0.15) is 0 Å². The predicted molar refractivity (Wildman–Crippen MR) is 76.6 cm³/mol. The van der Waals surface area contributed by atoms with Gasteiger partial charge in [-0.05, 0) is 30.4 Å². The van der Waals surface area contributed by atoms with Gasteiger partial charge in [-0.2, -0.15) is 8.78 Å². The van der Waals surface area contributed by atoms with E-state index < -0.39 is 23.9 Å². The summed E-state index contributed by atoms with van der Waals surface area (Å²) in [7, 11) is 0. The molecule has 0 saturated carbocycles. The lowest BCUT2D eigenvalue weighted by Crippen LogP contribution is -2.24. The lowest BCUT2D eigenvalue weighted by atomic mass is 10.0. The molecule has 0 aliphatic heterocycles. The van der Waals surface area contributed by atoms with Crippen LogP contribution in [0.2, 0.25) is 0 Å². The molecule has 1 heterocycles. The molecule has 0 fully saturated rings. The van der Waals surface area contributed by atoms with Crippen LogP contribution in [0.1, 0.15) is 11.1 Å². The second-order valence-electron chi connectivity index (χ2n) is 4.51. The van der Waals surface area contributed by atoms with Gasteiger partial charge in [0.2, 0.25) is 0 Å². The number of aliphatic hydroxyl groups excluding tert-OH is 1. The van der Waals surface area contributed by atoms with Crippen molar-refractivity contribution in [3.63, 3.8) is 0 Å². The summed E-state index contributed by atoms with van der Waals surface area (Å²) in [4.78, 5) is 11.8. The molecule has 120 valence electrons. The number of hydrogen-bond donors (Lipinski definition) is 2. The average molecular weight is 333 g/mol. The van der Waals surface area contributed by atoms with Crippen LogP contribution in [0.25, 0.3) is 5.69 Å². The van der Waals surface area contributed by atoms with Gasteiger partial charge in [-0.3, -0.25) is 0 Å². The van der Waals surface area contributed by atoms with Crippen LogP contribution in [-0.2, 0) is 12.3 Å². The van der Waals surface area contributed by atoms with Crippen LogP contribution < -0.4 is 5.69 Å². The van der Waals surface area contributed by atoms with Gasteiger partial charge < -0.3 is 5.11 Å².